The van der Waals surface area contributed by atoms with E-state index in [4.69, 9.17) is 19.9 Å². The number of nitrogen functional groups attached to an aromatic ring is 1. The van der Waals surface area contributed by atoms with Crippen molar-refractivity contribution in [2.24, 2.45) is 13.0 Å². The average molecular weight is 462 g/mol. The first-order valence-corrected chi connectivity index (χ1v) is 10.8. The maximum Gasteiger partial charge on any atom is 0.338 e. The predicted molar refractivity (Wildman–Crippen MR) is 123 cm³/mol. The number of nitrogens with two attached hydrogens (primary N) is 1. The lowest BCUT2D eigenvalue weighted by atomic mass is 10.1. The number of benzene rings is 1. The molecule has 2 aromatic rings. The molecule has 2 rings (SSSR count). The van der Waals surface area contributed by atoms with Crippen LogP contribution in [0.1, 0.15) is 54.8 Å². The minimum Gasteiger partial charge on any atom is -0.490 e. The predicted octanol–water partition coefficient (Wildman–Crippen LogP) is 2.01. The molecule has 0 saturated carbocycles. The summed E-state index contributed by atoms with van der Waals surface area (Å²) >= 11 is 0. The molecule has 0 aliphatic heterocycles. The highest BCUT2D eigenvalue weighted by Gasteiger charge is 2.23. The summed E-state index contributed by atoms with van der Waals surface area (Å²) in [6, 6.07) is 4.56. The van der Waals surface area contributed by atoms with Crippen LogP contribution < -0.4 is 26.5 Å². The summed E-state index contributed by atoms with van der Waals surface area (Å²) in [6.07, 6.45) is 0.810. The van der Waals surface area contributed by atoms with Gasteiger partial charge in [-0.15, -0.1) is 0 Å². The van der Waals surface area contributed by atoms with Crippen LogP contribution in [0.4, 0.5) is 5.82 Å². The first kappa shape index (κ1) is 25.7. The van der Waals surface area contributed by atoms with E-state index in [1.165, 1.54) is 23.7 Å². The number of aromatic nitrogens is 2. The zero-order chi connectivity index (χ0) is 24.7. The third-order valence-corrected chi connectivity index (χ3v) is 4.69. The van der Waals surface area contributed by atoms with Crippen molar-refractivity contribution in [1.29, 1.82) is 0 Å². The summed E-state index contributed by atoms with van der Waals surface area (Å²) in [5.41, 5.74) is 4.30. The fraction of sp³-hybridized carbons (Fsp3) is 0.478. The van der Waals surface area contributed by atoms with Crippen molar-refractivity contribution in [2.45, 2.75) is 40.7 Å². The Morgan fingerprint density at radius 2 is 1.79 bits per heavy atom. The molecule has 0 atom stereocenters. The van der Waals surface area contributed by atoms with Crippen molar-refractivity contribution in [3.63, 3.8) is 0 Å². The Morgan fingerprint density at radius 1 is 1.09 bits per heavy atom. The van der Waals surface area contributed by atoms with Gasteiger partial charge in [-0.3, -0.25) is 18.7 Å². The summed E-state index contributed by atoms with van der Waals surface area (Å²) in [5.74, 6) is -0.897. The Morgan fingerprint density at radius 3 is 2.39 bits per heavy atom. The number of nitrogens with zero attached hydrogens (tertiary/aromatic N) is 2. The van der Waals surface area contributed by atoms with Crippen LogP contribution in [-0.4, -0.2) is 40.7 Å². The van der Waals surface area contributed by atoms with E-state index in [1.54, 1.807) is 13.0 Å². The lowest BCUT2D eigenvalue weighted by Crippen LogP contribution is -2.43. The fourth-order valence-electron chi connectivity index (χ4n) is 3.11. The number of esters is 1. The summed E-state index contributed by atoms with van der Waals surface area (Å²) < 4.78 is 18.2. The fourth-order valence-corrected chi connectivity index (χ4v) is 3.11. The van der Waals surface area contributed by atoms with E-state index in [1.807, 2.05) is 20.8 Å². The average Bonchev–Trinajstić information content (AvgIpc) is 2.78. The van der Waals surface area contributed by atoms with Gasteiger partial charge in [0.2, 0.25) is 5.78 Å². The summed E-state index contributed by atoms with van der Waals surface area (Å²) in [4.78, 5) is 50.2. The molecular weight excluding hydrogens is 430 g/mol. The highest BCUT2D eigenvalue weighted by Crippen LogP contribution is 2.29. The van der Waals surface area contributed by atoms with Crippen molar-refractivity contribution < 1.29 is 23.8 Å². The Kier molecular flexibility index (Phi) is 8.84. The van der Waals surface area contributed by atoms with E-state index in [2.05, 4.69) is 0 Å². The second-order valence-electron chi connectivity index (χ2n) is 7.85. The minimum atomic E-state index is -0.838. The number of ether oxygens (including phenoxy) is 3. The van der Waals surface area contributed by atoms with E-state index in [0.29, 0.717) is 24.7 Å². The van der Waals surface area contributed by atoms with Gasteiger partial charge < -0.3 is 19.9 Å². The van der Waals surface area contributed by atoms with Crippen LogP contribution in [0, 0.1) is 5.92 Å². The third kappa shape index (κ3) is 6.03. The molecule has 0 radical (unpaired) electrons. The molecule has 180 valence electrons. The first-order valence-electron chi connectivity index (χ1n) is 10.8. The molecule has 0 fully saturated rings. The normalized spacial score (nSPS) is 10.8. The van der Waals surface area contributed by atoms with E-state index >= 15 is 0 Å². The number of hydrogen-bond acceptors (Lipinski definition) is 8. The van der Waals surface area contributed by atoms with Crippen molar-refractivity contribution in [3.8, 4) is 11.5 Å². The van der Waals surface area contributed by atoms with E-state index in [9.17, 15) is 19.2 Å². The van der Waals surface area contributed by atoms with Gasteiger partial charge in [0.1, 0.15) is 11.4 Å². The van der Waals surface area contributed by atoms with Gasteiger partial charge in [0.05, 0.1) is 18.8 Å². The molecule has 33 heavy (non-hydrogen) atoms. The summed E-state index contributed by atoms with van der Waals surface area (Å²) in [6.45, 7) is 7.89. The van der Waals surface area contributed by atoms with Gasteiger partial charge in [0.25, 0.3) is 5.56 Å². The molecule has 0 bridgehead atoms. The Balaban J connectivity index is 2.25. The van der Waals surface area contributed by atoms with Crippen molar-refractivity contribution in [2.75, 3.05) is 25.6 Å². The maximum atomic E-state index is 12.7. The molecule has 1 heterocycles. The van der Waals surface area contributed by atoms with E-state index < -0.39 is 29.6 Å². The Hall–Kier alpha value is -3.56. The number of ketones is 1. The molecule has 10 heteroatoms. The molecule has 0 amide bonds. The highest BCUT2D eigenvalue weighted by molar-refractivity contribution is 6.02. The quantitative estimate of drug-likeness (QED) is 0.397. The van der Waals surface area contributed by atoms with Gasteiger partial charge in [-0.2, -0.15) is 0 Å². The molecule has 10 nitrogen and oxygen atoms in total. The Bertz CT molecular complexity index is 1130. The molecular formula is C23H31N3O7. The lowest BCUT2D eigenvalue weighted by molar-refractivity contribution is 0.0473. The number of carbonyl (C=O) groups excluding carboxylic acids is 2. The largest absolute Gasteiger partial charge is 0.490 e. The first-order chi connectivity index (χ1) is 15.6. The number of Topliss-reactive ketones (excluding diaryl/α,β-unsaturated/α-hetero) is 1. The zero-order valence-corrected chi connectivity index (χ0v) is 19.7. The standard InChI is InChI=1S/C23H31N3O7/c1-6-10-32-17-9-8-15(11-18(17)31-7-2)22(29)33-13-16(27)19-20(24)26(12-14(3)4)23(30)25(5)21(19)28/h8-9,11,14H,6-7,10,12-13,24H2,1-5H3. The minimum absolute atomic E-state index is 0.0482. The topological polar surface area (TPSA) is 132 Å². The van der Waals surface area contributed by atoms with Crippen molar-refractivity contribution in [3.05, 3.63) is 50.2 Å². The number of rotatable bonds is 11. The third-order valence-electron chi connectivity index (χ3n) is 4.69. The Labute approximate surface area is 191 Å². The van der Waals surface area contributed by atoms with Crippen molar-refractivity contribution >= 4 is 17.6 Å². The molecule has 0 saturated heterocycles. The van der Waals surface area contributed by atoms with Gasteiger partial charge in [0, 0.05) is 13.6 Å². The van der Waals surface area contributed by atoms with Crippen LogP contribution in [0.3, 0.4) is 0 Å². The highest BCUT2D eigenvalue weighted by atomic mass is 16.5. The molecule has 1 aromatic heterocycles. The molecule has 0 spiro atoms. The van der Waals surface area contributed by atoms with E-state index in [-0.39, 0.29) is 29.4 Å². The molecule has 0 aliphatic carbocycles. The van der Waals surface area contributed by atoms with Gasteiger partial charge in [-0.05, 0) is 37.5 Å². The SMILES string of the molecule is CCCOc1ccc(C(=O)OCC(=O)c2c(N)n(CC(C)C)c(=O)n(C)c2=O)cc1OCC. The number of anilines is 1. The lowest BCUT2D eigenvalue weighted by Gasteiger charge is -2.16. The van der Waals surface area contributed by atoms with Crippen LogP contribution in [0.2, 0.25) is 0 Å². The zero-order valence-electron chi connectivity index (χ0n) is 19.7. The van der Waals surface area contributed by atoms with Gasteiger partial charge in [-0.25, -0.2) is 9.59 Å². The monoisotopic (exact) mass is 461 g/mol. The van der Waals surface area contributed by atoms with Crippen LogP contribution in [-0.2, 0) is 18.3 Å². The number of hydrogen-bond donors (Lipinski definition) is 1. The van der Waals surface area contributed by atoms with E-state index in [0.717, 1.165) is 11.0 Å². The second-order valence-corrected chi connectivity index (χ2v) is 7.85. The van der Waals surface area contributed by atoms with Gasteiger partial charge in [-0.1, -0.05) is 20.8 Å². The molecule has 1 aromatic carbocycles. The van der Waals surface area contributed by atoms with Gasteiger partial charge in [0.15, 0.2) is 18.1 Å². The van der Waals surface area contributed by atoms with Crippen LogP contribution in [0.25, 0.3) is 0 Å². The molecule has 2 N–H and O–H groups in total. The summed E-state index contributed by atoms with van der Waals surface area (Å²) in [5, 5.41) is 0. The smallest absolute Gasteiger partial charge is 0.338 e. The van der Waals surface area contributed by atoms with Crippen LogP contribution in [0.5, 0.6) is 11.5 Å². The number of carbonyl (C=O) groups is 2. The molecule has 0 unspecified atom stereocenters. The maximum absolute atomic E-state index is 12.7. The second kappa shape index (κ2) is 11.3. The summed E-state index contributed by atoms with van der Waals surface area (Å²) in [7, 11) is 1.27. The van der Waals surface area contributed by atoms with Crippen molar-refractivity contribution in [1.82, 2.24) is 9.13 Å². The van der Waals surface area contributed by atoms with Crippen LogP contribution in [0.15, 0.2) is 27.8 Å². The van der Waals surface area contributed by atoms with Crippen LogP contribution >= 0.6 is 0 Å². The van der Waals surface area contributed by atoms with Gasteiger partial charge >= 0.3 is 11.7 Å². The molecule has 0 aliphatic rings.